The predicted molar refractivity (Wildman–Crippen MR) is 64.2 cm³/mol. The number of ether oxygens (including phenoxy) is 1. The van der Waals surface area contributed by atoms with Gasteiger partial charge in [0.05, 0.1) is 17.9 Å². The van der Waals surface area contributed by atoms with Gasteiger partial charge in [-0.1, -0.05) is 11.8 Å². The molecule has 0 N–H and O–H groups in total. The van der Waals surface area contributed by atoms with Crippen LogP contribution in [0.2, 0.25) is 0 Å². The summed E-state index contributed by atoms with van der Waals surface area (Å²) in [6.45, 7) is 3.87. The van der Waals surface area contributed by atoms with Crippen molar-refractivity contribution >= 4 is 29.3 Å². The van der Waals surface area contributed by atoms with Gasteiger partial charge in [-0.15, -0.1) is 11.6 Å². The minimum Gasteiger partial charge on any atom is -0.462 e. The lowest BCUT2D eigenvalue weighted by atomic mass is 10.2. The summed E-state index contributed by atoms with van der Waals surface area (Å²) in [6, 6.07) is 0. The van der Waals surface area contributed by atoms with E-state index in [1.54, 1.807) is 13.8 Å². The molecule has 0 saturated carbocycles. The molecule has 0 aromatic carbocycles. The fourth-order valence-corrected chi connectivity index (χ4v) is 1.87. The first-order valence-electron chi connectivity index (χ1n) is 4.88. The number of hydrogen-bond donors (Lipinski definition) is 0. The van der Waals surface area contributed by atoms with Crippen molar-refractivity contribution in [3.05, 3.63) is 17.5 Å². The van der Waals surface area contributed by atoms with E-state index in [0.717, 1.165) is 5.75 Å². The molecule has 1 aromatic heterocycles. The lowest BCUT2D eigenvalue weighted by Gasteiger charge is -2.05. The van der Waals surface area contributed by atoms with E-state index in [-0.39, 0.29) is 5.97 Å². The minimum atomic E-state index is -0.381. The highest BCUT2D eigenvalue weighted by molar-refractivity contribution is 7.99. The summed E-state index contributed by atoms with van der Waals surface area (Å²) in [6.07, 6.45) is 1.50. The lowest BCUT2D eigenvalue weighted by Crippen LogP contribution is -2.09. The molecule has 1 heterocycles. The molecular weight excluding hydrogens is 248 g/mol. The van der Waals surface area contributed by atoms with E-state index in [2.05, 4.69) is 9.97 Å². The summed E-state index contributed by atoms with van der Waals surface area (Å²) in [5.74, 6) is 0.917. The largest absolute Gasteiger partial charge is 0.462 e. The average Bonchev–Trinajstić information content (AvgIpc) is 2.26. The van der Waals surface area contributed by atoms with Crippen molar-refractivity contribution in [2.45, 2.75) is 19.0 Å². The number of hydrogen-bond acceptors (Lipinski definition) is 5. The van der Waals surface area contributed by atoms with Crippen LogP contribution >= 0.6 is 23.4 Å². The van der Waals surface area contributed by atoms with E-state index in [1.165, 1.54) is 18.0 Å². The molecule has 0 fully saturated rings. The first kappa shape index (κ1) is 13.3. The maximum atomic E-state index is 11.5. The van der Waals surface area contributed by atoms with E-state index in [4.69, 9.17) is 16.3 Å². The van der Waals surface area contributed by atoms with Gasteiger partial charge in [0.2, 0.25) is 0 Å². The molecular formula is C10H13ClN2O2S. The van der Waals surface area contributed by atoms with Gasteiger partial charge >= 0.3 is 5.97 Å². The van der Waals surface area contributed by atoms with Crippen LogP contribution < -0.4 is 0 Å². The van der Waals surface area contributed by atoms with Gasteiger partial charge in [0, 0.05) is 17.8 Å². The van der Waals surface area contributed by atoms with Crippen LogP contribution in [0, 0.1) is 6.92 Å². The van der Waals surface area contributed by atoms with Crippen molar-refractivity contribution < 1.29 is 9.53 Å². The quantitative estimate of drug-likeness (QED) is 0.352. The van der Waals surface area contributed by atoms with Gasteiger partial charge in [-0.25, -0.2) is 14.8 Å². The van der Waals surface area contributed by atoms with Crippen LogP contribution in [0.3, 0.4) is 0 Å². The molecule has 0 bridgehead atoms. The Morgan fingerprint density at radius 2 is 2.38 bits per heavy atom. The maximum Gasteiger partial charge on any atom is 0.341 e. The Hall–Kier alpha value is -0.810. The maximum absolute atomic E-state index is 11.5. The summed E-state index contributed by atoms with van der Waals surface area (Å²) in [7, 11) is 0. The van der Waals surface area contributed by atoms with E-state index in [9.17, 15) is 4.79 Å². The third kappa shape index (κ3) is 3.64. The zero-order valence-corrected chi connectivity index (χ0v) is 10.8. The predicted octanol–water partition coefficient (Wildman–Crippen LogP) is 2.29. The number of halogens is 1. The number of alkyl halides is 1. The highest BCUT2D eigenvalue weighted by Gasteiger charge is 2.12. The van der Waals surface area contributed by atoms with Crippen LogP contribution in [-0.4, -0.2) is 34.2 Å². The Morgan fingerprint density at radius 3 is 2.94 bits per heavy atom. The van der Waals surface area contributed by atoms with Crippen LogP contribution in [0.25, 0.3) is 0 Å². The van der Waals surface area contributed by atoms with Gasteiger partial charge in [-0.2, -0.15) is 0 Å². The average molecular weight is 261 g/mol. The third-order valence-corrected chi connectivity index (χ3v) is 3.04. The van der Waals surface area contributed by atoms with Crippen molar-refractivity contribution in [3.8, 4) is 0 Å². The summed E-state index contributed by atoms with van der Waals surface area (Å²) in [5, 5.41) is 0.631. The molecule has 4 nitrogen and oxygen atoms in total. The summed E-state index contributed by atoms with van der Waals surface area (Å²) < 4.78 is 4.88. The van der Waals surface area contributed by atoms with E-state index in [0.29, 0.717) is 28.9 Å². The minimum absolute atomic E-state index is 0.348. The highest BCUT2D eigenvalue weighted by atomic mass is 35.5. The molecule has 1 aromatic rings. The number of nitrogens with zero attached hydrogens (tertiary/aromatic N) is 2. The number of esters is 1. The Bertz CT molecular complexity index is 374. The van der Waals surface area contributed by atoms with Crippen molar-refractivity contribution in [2.75, 3.05) is 18.2 Å². The van der Waals surface area contributed by atoms with E-state index < -0.39 is 0 Å². The van der Waals surface area contributed by atoms with Crippen LogP contribution in [0.4, 0.5) is 0 Å². The molecule has 0 unspecified atom stereocenters. The number of carbonyl (C=O) groups excluding carboxylic acids is 1. The first-order chi connectivity index (χ1) is 7.69. The molecule has 1 rings (SSSR count). The molecule has 0 aliphatic heterocycles. The summed E-state index contributed by atoms with van der Waals surface area (Å²) in [5.41, 5.74) is 1.04. The normalized spacial score (nSPS) is 10.2. The summed E-state index contributed by atoms with van der Waals surface area (Å²) >= 11 is 7.03. The fourth-order valence-electron chi connectivity index (χ4n) is 1.05. The topological polar surface area (TPSA) is 52.1 Å². The van der Waals surface area contributed by atoms with Gasteiger partial charge < -0.3 is 4.74 Å². The van der Waals surface area contributed by atoms with Crippen LogP contribution in [0.1, 0.15) is 23.0 Å². The van der Waals surface area contributed by atoms with Crippen LogP contribution in [0.15, 0.2) is 11.4 Å². The molecule has 88 valence electrons. The van der Waals surface area contributed by atoms with Gasteiger partial charge in [-0.05, 0) is 13.8 Å². The molecule has 0 saturated heterocycles. The molecule has 0 radical (unpaired) electrons. The van der Waals surface area contributed by atoms with Crippen LogP contribution in [0.5, 0.6) is 0 Å². The second-order valence-electron chi connectivity index (χ2n) is 2.91. The Balaban J connectivity index is 2.78. The Morgan fingerprint density at radius 1 is 1.62 bits per heavy atom. The molecule has 0 atom stereocenters. The third-order valence-electron chi connectivity index (χ3n) is 1.76. The zero-order chi connectivity index (χ0) is 12.0. The Kier molecular flexibility index (Phi) is 5.55. The van der Waals surface area contributed by atoms with Crippen molar-refractivity contribution in [2.24, 2.45) is 0 Å². The standard InChI is InChI=1S/C10H13ClN2O2S/c1-3-15-9(14)8-6-12-10(13-7(8)2)16-5-4-11/h6H,3-5H2,1-2H3. The van der Waals surface area contributed by atoms with Crippen LogP contribution in [-0.2, 0) is 4.74 Å². The van der Waals surface area contributed by atoms with Crippen molar-refractivity contribution in [1.29, 1.82) is 0 Å². The monoisotopic (exact) mass is 260 g/mol. The SMILES string of the molecule is CCOC(=O)c1cnc(SCCCl)nc1C. The second-order valence-corrected chi connectivity index (χ2v) is 4.35. The second kappa shape index (κ2) is 6.70. The van der Waals surface area contributed by atoms with Gasteiger partial charge in [0.15, 0.2) is 5.16 Å². The van der Waals surface area contributed by atoms with Crippen molar-refractivity contribution in [3.63, 3.8) is 0 Å². The number of aryl methyl sites for hydroxylation is 1. The molecule has 0 spiro atoms. The van der Waals surface area contributed by atoms with Gasteiger partial charge in [0.25, 0.3) is 0 Å². The zero-order valence-electron chi connectivity index (χ0n) is 9.20. The van der Waals surface area contributed by atoms with E-state index >= 15 is 0 Å². The Labute approximate surface area is 104 Å². The van der Waals surface area contributed by atoms with Gasteiger partial charge in [0.1, 0.15) is 0 Å². The van der Waals surface area contributed by atoms with Gasteiger partial charge in [-0.3, -0.25) is 0 Å². The highest BCUT2D eigenvalue weighted by Crippen LogP contribution is 2.15. The lowest BCUT2D eigenvalue weighted by molar-refractivity contribution is 0.0524. The molecule has 16 heavy (non-hydrogen) atoms. The number of aromatic nitrogens is 2. The van der Waals surface area contributed by atoms with E-state index in [1.807, 2.05) is 0 Å². The molecule has 0 aliphatic rings. The first-order valence-corrected chi connectivity index (χ1v) is 6.40. The van der Waals surface area contributed by atoms with Crippen molar-refractivity contribution in [1.82, 2.24) is 9.97 Å². The molecule has 6 heteroatoms. The smallest absolute Gasteiger partial charge is 0.341 e. The molecule has 0 aliphatic carbocycles. The molecule has 0 amide bonds. The number of rotatable bonds is 5. The summed E-state index contributed by atoms with van der Waals surface area (Å²) in [4.78, 5) is 19.7. The number of thioether (sulfide) groups is 1. The fraction of sp³-hybridized carbons (Fsp3) is 0.500. The number of carbonyl (C=O) groups is 1.